The lowest BCUT2D eigenvalue weighted by molar-refractivity contribution is -0.116. The van der Waals surface area contributed by atoms with E-state index in [2.05, 4.69) is 37.2 Å². The number of carbonyl (C=O) groups is 4. The molecule has 4 fully saturated rings. The Labute approximate surface area is 806 Å². The van der Waals surface area contributed by atoms with Gasteiger partial charge in [-0.3, -0.25) is 19.2 Å². The van der Waals surface area contributed by atoms with Crippen molar-refractivity contribution in [3.8, 4) is 50.8 Å². The molecule has 4 heterocycles. The summed E-state index contributed by atoms with van der Waals surface area (Å²) in [5, 5.41) is 22.2. The summed E-state index contributed by atoms with van der Waals surface area (Å²) in [6, 6.07) is 47.2. The first-order chi connectivity index (χ1) is 66.2. The quantitative estimate of drug-likeness (QED) is 0.0354. The number of anilines is 4. The summed E-state index contributed by atoms with van der Waals surface area (Å²) in [5.74, 6) is 3.38. The van der Waals surface area contributed by atoms with Gasteiger partial charge < -0.3 is 26.4 Å². The molecule has 0 spiro atoms. The molecular formula is C112H117BrClF5N12O5. The molecule has 17 nitrogen and oxygen atoms in total. The Hall–Kier alpha value is -11.8. The number of rotatable bonds is 24. The van der Waals surface area contributed by atoms with Crippen LogP contribution in [0.15, 0.2) is 174 Å². The van der Waals surface area contributed by atoms with Crippen LogP contribution in [0.3, 0.4) is 0 Å². The molecule has 0 bridgehead atoms. The highest BCUT2D eigenvalue weighted by Crippen LogP contribution is 2.42. The number of aryl methyl sites for hydroxylation is 12. The largest absolute Gasteiger partial charge is 0.508 e. The minimum absolute atomic E-state index is 0.0891. The lowest BCUT2D eigenvalue weighted by atomic mass is 9.85. The van der Waals surface area contributed by atoms with E-state index < -0.39 is 0 Å². The van der Waals surface area contributed by atoms with Crippen molar-refractivity contribution in [1.82, 2.24) is 39.9 Å². The lowest BCUT2D eigenvalue weighted by Gasteiger charge is -2.23. The number of fused-ring (bicyclic) bond motifs is 12. The average Bonchev–Trinajstić information content (AvgIpc) is 0.783. The second-order valence-corrected chi connectivity index (χ2v) is 39.4. The Morgan fingerprint density at radius 1 is 0.301 bits per heavy atom. The average molecular weight is 1920 g/mol. The minimum Gasteiger partial charge on any atom is -0.508 e. The van der Waals surface area contributed by atoms with E-state index in [1.807, 2.05) is 42.5 Å². The van der Waals surface area contributed by atoms with Gasteiger partial charge in [0.2, 0.25) is 23.6 Å². The van der Waals surface area contributed by atoms with E-state index in [4.69, 9.17) is 51.5 Å². The van der Waals surface area contributed by atoms with Crippen LogP contribution in [0.2, 0.25) is 5.02 Å². The molecule has 704 valence electrons. The van der Waals surface area contributed by atoms with Crippen LogP contribution in [0, 0.1) is 52.8 Å². The van der Waals surface area contributed by atoms with Gasteiger partial charge in [0.1, 0.15) is 34.8 Å². The highest BCUT2D eigenvalue weighted by molar-refractivity contribution is 9.10. The first-order valence-corrected chi connectivity index (χ1v) is 50.3. The van der Waals surface area contributed by atoms with Gasteiger partial charge in [0, 0.05) is 31.7 Å². The standard InChI is InChI=1S/C28H29BrFN3O.C28H29ClFN3O.C28H29F2N3O.C28H30FN3O2/c3*29-21-10-6-19(7-11-21)16-26(34)33-28-25(14-8-18-4-2-1-3-5-18)31-27-23-13-12-22(30)17-20(23)9-15-24(27)32-28;29-21-10-13-23-20(17-21)9-15-24-27(23)30-25(14-8-18-4-2-1-3-5-18)28(31-24)32-26(34)16-19-6-11-22(33)12-7-19/h3*6-7,10-13,17-18H,1-5,8-9,14-16H2,(H,32,33,34);6-7,10-13,17-18,33H,1-5,8-9,14-16H2,(H,31,32,34). The van der Waals surface area contributed by atoms with Crippen molar-refractivity contribution < 1.29 is 46.2 Å². The number of aromatic nitrogens is 8. The number of hydrogen-bond acceptors (Lipinski definition) is 13. The van der Waals surface area contributed by atoms with Gasteiger partial charge in [-0.1, -0.05) is 204 Å². The van der Waals surface area contributed by atoms with Crippen LogP contribution in [0.1, 0.15) is 244 Å². The fraction of sp³-hybridized carbons (Fsp3) is 0.393. The van der Waals surface area contributed by atoms with Crippen LogP contribution in [0.4, 0.5) is 45.2 Å². The van der Waals surface area contributed by atoms with Gasteiger partial charge in [0.15, 0.2) is 23.3 Å². The van der Waals surface area contributed by atoms with E-state index in [0.29, 0.717) is 96.9 Å². The Morgan fingerprint density at radius 3 is 0.801 bits per heavy atom. The molecule has 24 heteroatoms. The predicted molar refractivity (Wildman–Crippen MR) is 528 cm³/mol. The van der Waals surface area contributed by atoms with Crippen molar-refractivity contribution >= 4 is 74.4 Å². The molecule has 4 amide bonds. The van der Waals surface area contributed by atoms with Crippen LogP contribution < -0.4 is 21.3 Å². The number of hydrogen-bond donors (Lipinski definition) is 5. The number of carbonyl (C=O) groups excluding carboxylic acids is 4. The fourth-order valence-electron chi connectivity index (χ4n) is 20.8. The van der Waals surface area contributed by atoms with E-state index >= 15 is 0 Å². The molecule has 5 N–H and O–H groups in total. The van der Waals surface area contributed by atoms with Crippen molar-refractivity contribution in [2.24, 2.45) is 23.7 Å². The van der Waals surface area contributed by atoms with Crippen LogP contribution in [0.25, 0.3) is 45.0 Å². The molecule has 4 aromatic heterocycles. The maximum Gasteiger partial charge on any atom is 0.229 e. The summed E-state index contributed by atoms with van der Waals surface area (Å²) in [6.07, 6.45) is 39.3. The molecule has 0 radical (unpaired) electrons. The highest BCUT2D eigenvalue weighted by Gasteiger charge is 2.31. The number of nitrogens with one attached hydrogen (secondary N) is 4. The maximum atomic E-state index is 13.8. The zero-order chi connectivity index (χ0) is 94.0. The molecule has 12 aromatic rings. The maximum absolute atomic E-state index is 13.8. The highest BCUT2D eigenvalue weighted by atomic mass is 79.9. The molecule has 4 saturated carbocycles. The summed E-state index contributed by atoms with van der Waals surface area (Å²) in [6.45, 7) is 0. The van der Waals surface area contributed by atoms with Gasteiger partial charge in [0.25, 0.3) is 0 Å². The summed E-state index contributed by atoms with van der Waals surface area (Å²) >= 11 is 9.41. The Bertz CT molecular complexity index is 5510. The Balaban J connectivity index is 0.000000126. The van der Waals surface area contributed by atoms with Gasteiger partial charge in [-0.25, -0.2) is 61.8 Å². The minimum atomic E-state index is -0.324. The van der Waals surface area contributed by atoms with Crippen LogP contribution in [-0.2, 0) is 122 Å². The number of amides is 4. The third kappa shape index (κ3) is 25.7. The molecule has 0 atom stereocenters. The van der Waals surface area contributed by atoms with E-state index in [-0.39, 0.29) is 84.1 Å². The smallest absolute Gasteiger partial charge is 0.229 e. The van der Waals surface area contributed by atoms with Crippen molar-refractivity contribution in [3.63, 3.8) is 0 Å². The summed E-state index contributed by atoms with van der Waals surface area (Å²) in [7, 11) is 0. The molecule has 136 heavy (non-hydrogen) atoms. The van der Waals surface area contributed by atoms with Gasteiger partial charge in [-0.2, -0.15) is 0 Å². The number of aromatic hydroxyl groups is 1. The third-order valence-corrected chi connectivity index (χ3v) is 29.0. The molecular weight excluding hydrogens is 1800 g/mol. The van der Waals surface area contributed by atoms with Crippen molar-refractivity contribution in [3.05, 3.63) is 298 Å². The van der Waals surface area contributed by atoms with E-state index in [9.17, 15) is 46.2 Å². The molecule has 0 saturated heterocycles. The number of phenols is 1. The topological polar surface area (TPSA) is 240 Å². The number of benzene rings is 8. The van der Waals surface area contributed by atoms with Crippen molar-refractivity contribution in [2.45, 2.75) is 257 Å². The van der Waals surface area contributed by atoms with E-state index in [1.165, 1.54) is 165 Å². The SMILES string of the molecule is O=C(Cc1ccc(Br)cc1)Nc1nc2c(nc1CCC1CCCCC1)-c1ccc(F)cc1CC2.O=C(Cc1ccc(Cl)cc1)Nc1nc2c(nc1CCC1CCCCC1)-c1ccc(F)cc1CC2.O=C(Cc1ccc(F)cc1)Nc1nc2c(nc1CCC1CCCCC1)-c1ccc(F)cc1CC2.O=C(Cc1ccc(O)cc1)Nc1nc2c(nc1CCC1CCCCC1)-c1ccc(F)cc1CC2. The molecule has 8 aliphatic carbocycles. The molecule has 20 rings (SSSR count). The Morgan fingerprint density at radius 2 is 0.537 bits per heavy atom. The lowest BCUT2D eigenvalue weighted by Crippen LogP contribution is -2.20. The first-order valence-electron chi connectivity index (χ1n) is 49.1. The van der Waals surface area contributed by atoms with Crippen molar-refractivity contribution in [1.29, 1.82) is 0 Å². The number of halogens is 7. The second kappa shape index (κ2) is 45.9. The predicted octanol–water partition coefficient (Wildman–Crippen LogP) is 25.6. The van der Waals surface area contributed by atoms with Crippen LogP contribution >= 0.6 is 27.5 Å². The normalized spacial score (nSPS) is 15.5. The van der Waals surface area contributed by atoms with Gasteiger partial charge in [-0.05, 0) is 292 Å². The first kappa shape index (κ1) is 95.9. The van der Waals surface area contributed by atoms with E-state index in [0.717, 1.165) is 197 Å². The van der Waals surface area contributed by atoms with Crippen LogP contribution in [0.5, 0.6) is 5.75 Å². The third-order valence-electron chi connectivity index (χ3n) is 28.2. The molecule has 8 aliphatic rings. The van der Waals surface area contributed by atoms with E-state index in [1.54, 1.807) is 91.0 Å². The Kier molecular flexibility index (Phi) is 32.4. The fourth-order valence-corrected chi connectivity index (χ4v) is 21.2. The van der Waals surface area contributed by atoms with Gasteiger partial charge in [-0.15, -0.1) is 0 Å². The van der Waals surface area contributed by atoms with Gasteiger partial charge in [0.05, 0.1) is 94.0 Å². The van der Waals surface area contributed by atoms with Crippen LogP contribution in [-0.4, -0.2) is 68.6 Å². The summed E-state index contributed by atoms with van der Waals surface area (Å²) < 4.78 is 69.4. The summed E-state index contributed by atoms with van der Waals surface area (Å²) in [4.78, 5) is 91.0. The second-order valence-electron chi connectivity index (χ2n) is 38.1. The monoisotopic (exact) mass is 1920 g/mol. The zero-order valence-electron chi connectivity index (χ0n) is 77.1. The van der Waals surface area contributed by atoms with Gasteiger partial charge >= 0.3 is 0 Å². The number of nitrogens with zero attached hydrogens (tertiary/aromatic N) is 8. The zero-order valence-corrected chi connectivity index (χ0v) is 79.4. The molecule has 0 aliphatic heterocycles. The summed E-state index contributed by atoms with van der Waals surface area (Å²) in [5.41, 5.74) is 21.0. The van der Waals surface area contributed by atoms with Crippen molar-refractivity contribution in [2.75, 3.05) is 21.3 Å². The molecule has 0 unspecified atom stereocenters. The number of phenolic OH excluding ortho intramolecular Hbond substituents is 1. The molecule has 8 aromatic carbocycles.